The maximum atomic E-state index is 7.75. The molecule has 0 aromatic rings. The van der Waals surface area contributed by atoms with Crippen molar-refractivity contribution >= 4 is 11.8 Å². The van der Waals surface area contributed by atoms with Crippen molar-refractivity contribution < 1.29 is 4.74 Å². The molecule has 0 N–H and O–H groups in total. The molecule has 10 aliphatic carbocycles. The van der Waals surface area contributed by atoms with Gasteiger partial charge >= 0.3 is 0 Å². The van der Waals surface area contributed by atoms with Gasteiger partial charge in [-0.2, -0.15) is 11.8 Å². The predicted molar refractivity (Wildman–Crippen MR) is 243 cm³/mol. The van der Waals surface area contributed by atoms with Crippen LogP contribution in [0.3, 0.4) is 0 Å². The van der Waals surface area contributed by atoms with Crippen molar-refractivity contribution in [2.45, 2.75) is 266 Å². The highest BCUT2D eigenvalue weighted by Gasteiger charge is 2.68. The molecular formula is C55H89NOS. The molecule has 2 saturated heterocycles. The van der Waals surface area contributed by atoms with Crippen molar-refractivity contribution in [1.82, 2.24) is 4.90 Å². The lowest BCUT2D eigenvalue weighted by molar-refractivity contribution is -0.0948. The summed E-state index contributed by atoms with van der Waals surface area (Å²) in [5, 5.41) is 1.91. The van der Waals surface area contributed by atoms with Gasteiger partial charge in [-0.25, -0.2) is 0 Å². The Morgan fingerprint density at radius 3 is 1.76 bits per heavy atom. The molecule has 12 fully saturated rings. The van der Waals surface area contributed by atoms with E-state index in [0.29, 0.717) is 17.6 Å². The molecule has 326 valence electrons. The topological polar surface area (TPSA) is 12.5 Å². The number of nitrogens with zero attached hydrogens (tertiary/aromatic N) is 1. The normalized spacial score (nSPS) is 50.0. The number of thioether (sulfide) groups is 1. The van der Waals surface area contributed by atoms with Crippen LogP contribution in [0.5, 0.6) is 0 Å². The molecule has 0 amide bonds. The van der Waals surface area contributed by atoms with Crippen LogP contribution in [0.4, 0.5) is 0 Å². The molecule has 0 radical (unpaired) electrons. The van der Waals surface area contributed by atoms with E-state index in [1.54, 1.807) is 103 Å². The Morgan fingerprint density at radius 2 is 0.966 bits per heavy atom. The molecule has 0 spiro atoms. The van der Waals surface area contributed by atoms with Gasteiger partial charge in [0.05, 0.1) is 12.2 Å². The first-order chi connectivity index (χ1) is 28.8. The van der Waals surface area contributed by atoms with Gasteiger partial charge in [-0.3, -0.25) is 4.90 Å². The molecule has 12 rings (SSSR count). The fourth-order valence-electron chi connectivity index (χ4n) is 21.1. The Morgan fingerprint density at radius 1 is 0.379 bits per heavy atom. The maximum Gasteiger partial charge on any atom is 0.0652 e. The van der Waals surface area contributed by atoms with Gasteiger partial charge in [0.1, 0.15) is 0 Å². The summed E-state index contributed by atoms with van der Waals surface area (Å²) in [6.45, 7) is 0. The van der Waals surface area contributed by atoms with Crippen LogP contribution >= 0.6 is 11.8 Å². The molecule has 3 heteroatoms. The van der Waals surface area contributed by atoms with Gasteiger partial charge in [-0.1, -0.05) is 103 Å². The Labute approximate surface area is 361 Å². The van der Waals surface area contributed by atoms with Crippen LogP contribution in [0.2, 0.25) is 0 Å². The van der Waals surface area contributed by atoms with Crippen molar-refractivity contribution in [3.63, 3.8) is 0 Å². The fraction of sp³-hybridized carbons (Fsp3) is 1.00. The van der Waals surface area contributed by atoms with Gasteiger partial charge in [0.15, 0.2) is 0 Å². The molecule has 2 heterocycles. The number of rotatable bonds is 6. The zero-order valence-electron chi connectivity index (χ0n) is 37.5. The number of fused-ring (bicyclic) bond motifs is 10. The first-order valence-corrected chi connectivity index (χ1v) is 28.8. The molecule has 16 unspecified atom stereocenters. The van der Waals surface area contributed by atoms with Crippen LogP contribution in [0, 0.1) is 76.4 Å². The quantitative estimate of drug-likeness (QED) is 0.265. The lowest BCUT2D eigenvalue weighted by atomic mass is 9.48. The summed E-state index contributed by atoms with van der Waals surface area (Å²) in [6, 6.07) is 2.68. The van der Waals surface area contributed by atoms with E-state index in [9.17, 15) is 0 Å². The van der Waals surface area contributed by atoms with E-state index in [1.807, 2.05) is 0 Å². The molecule has 0 aromatic carbocycles. The first kappa shape index (κ1) is 39.8. The lowest BCUT2D eigenvalue weighted by Crippen LogP contribution is -2.58. The highest BCUT2D eigenvalue weighted by Crippen LogP contribution is 2.72. The summed E-state index contributed by atoms with van der Waals surface area (Å²) in [5.41, 5.74) is 0.713. The monoisotopic (exact) mass is 812 g/mol. The summed E-state index contributed by atoms with van der Waals surface area (Å²) in [6.07, 6.45) is 55.5. The molecule has 0 bridgehead atoms. The molecule has 2 aliphatic heterocycles. The predicted octanol–water partition coefficient (Wildman–Crippen LogP) is 14.8. The second-order valence-electron chi connectivity index (χ2n) is 24.5. The minimum Gasteiger partial charge on any atom is -0.374 e. The standard InChI is InChI=1S/C55H89NOS/c1-4-18-37(19-5-1)55(38-20-6-2-7-21-38)46-29-12-10-25-44(46)51-47(55)30-16-31-48(51)56(39-22-8-3-9-23-39)40-24-14-17-36(35-40)41-27-15-28-42-43-33-34-50-52(54(43)57-53(41)42)45-26-11-13-32-49(45)58-50/h36-54H,1-35H2. The lowest BCUT2D eigenvalue weighted by Gasteiger charge is -2.58. The van der Waals surface area contributed by atoms with Crippen LogP contribution in [0.1, 0.15) is 225 Å². The number of hydrogen-bond acceptors (Lipinski definition) is 3. The largest absolute Gasteiger partial charge is 0.374 e. The Kier molecular flexibility index (Phi) is 11.7. The third-order valence-corrected chi connectivity index (χ3v) is 24.5. The summed E-state index contributed by atoms with van der Waals surface area (Å²) >= 11 is 2.46. The molecule has 10 saturated carbocycles. The van der Waals surface area contributed by atoms with E-state index in [-0.39, 0.29) is 0 Å². The third-order valence-electron chi connectivity index (χ3n) is 22.6. The molecule has 0 aromatic heterocycles. The van der Waals surface area contributed by atoms with E-state index in [0.717, 1.165) is 99.6 Å². The van der Waals surface area contributed by atoms with E-state index < -0.39 is 0 Å². The SMILES string of the molecule is C1CCC(N(C2CCCC(C3CCCC4C5CCC6SC7CCCCC7C6C5OC34)C2)C2CCCC3C2C2CCCCC2C3(C2CCCCC2)C2CCCCC2)CC1. The number of hydrogen-bond donors (Lipinski definition) is 0. The summed E-state index contributed by atoms with van der Waals surface area (Å²) in [4.78, 5) is 3.53. The van der Waals surface area contributed by atoms with Crippen LogP contribution in [-0.2, 0) is 4.74 Å². The minimum atomic E-state index is 0.616. The van der Waals surface area contributed by atoms with Crippen LogP contribution in [0.25, 0.3) is 0 Å². The fourth-order valence-corrected chi connectivity index (χ4v) is 23.2. The maximum absolute atomic E-state index is 7.75. The van der Waals surface area contributed by atoms with Gasteiger partial charge in [-0.05, 0) is 193 Å². The minimum absolute atomic E-state index is 0.616. The van der Waals surface area contributed by atoms with Gasteiger partial charge in [-0.15, -0.1) is 0 Å². The highest BCUT2D eigenvalue weighted by atomic mass is 32.2. The van der Waals surface area contributed by atoms with Crippen molar-refractivity contribution in [3.8, 4) is 0 Å². The second-order valence-corrected chi connectivity index (χ2v) is 26.0. The van der Waals surface area contributed by atoms with E-state index in [4.69, 9.17) is 4.74 Å². The molecule has 16 atom stereocenters. The van der Waals surface area contributed by atoms with Crippen LogP contribution < -0.4 is 0 Å². The molecular weight excluding hydrogens is 723 g/mol. The highest BCUT2D eigenvalue weighted by molar-refractivity contribution is 8.00. The zero-order chi connectivity index (χ0) is 38.2. The molecule has 2 nitrogen and oxygen atoms in total. The molecule has 12 aliphatic rings. The Balaban J connectivity index is 0.846. The summed E-state index contributed by atoms with van der Waals surface area (Å²) in [5.74, 6) is 11.9. The Hall–Kier alpha value is 0.270. The first-order valence-electron chi connectivity index (χ1n) is 27.9. The third kappa shape index (κ3) is 6.61. The van der Waals surface area contributed by atoms with Gasteiger partial charge in [0.25, 0.3) is 0 Å². The smallest absolute Gasteiger partial charge is 0.0652 e. The average molecular weight is 812 g/mol. The number of ether oxygens (including phenoxy) is 1. The average Bonchev–Trinajstić information content (AvgIpc) is 3.96. The van der Waals surface area contributed by atoms with E-state index in [2.05, 4.69) is 16.7 Å². The van der Waals surface area contributed by atoms with Crippen molar-refractivity contribution in [2.75, 3.05) is 0 Å². The van der Waals surface area contributed by atoms with E-state index in [1.165, 1.54) is 122 Å². The zero-order valence-corrected chi connectivity index (χ0v) is 38.3. The Bertz CT molecular complexity index is 1360. The van der Waals surface area contributed by atoms with Crippen LogP contribution in [0.15, 0.2) is 0 Å². The molecule has 58 heavy (non-hydrogen) atoms. The summed E-state index contributed by atoms with van der Waals surface area (Å²) < 4.78 is 7.75. The van der Waals surface area contributed by atoms with Crippen molar-refractivity contribution in [3.05, 3.63) is 0 Å². The van der Waals surface area contributed by atoms with E-state index >= 15 is 0 Å². The van der Waals surface area contributed by atoms with Gasteiger partial charge in [0.2, 0.25) is 0 Å². The van der Waals surface area contributed by atoms with Crippen LogP contribution in [-0.4, -0.2) is 45.7 Å². The van der Waals surface area contributed by atoms with Crippen molar-refractivity contribution in [2.24, 2.45) is 76.4 Å². The summed E-state index contributed by atoms with van der Waals surface area (Å²) in [7, 11) is 0. The second kappa shape index (κ2) is 17.0. The van der Waals surface area contributed by atoms with Gasteiger partial charge in [0, 0.05) is 34.5 Å². The van der Waals surface area contributed by atoms with Crippen molar-refractivity contribution in [1.29, 1.82) is 0 Å². The van der Waals surface area contributed by atoms with Gasteiger partial charge < -0.3 is 4.74 Å².